The molecule has 1 aromatic rings. The van der Waals surface area contributed by atoms with E-state index in [1.165, 1.54) is 0 Å². The van der Waals surface area contributed by atoms with Crippen molar-refractivity contribution in [3.8, 4) is 0 Å². The number of amides is 1. The molecule has 0 aromatic carbocycles. The van der Waals surface area contributed by atoms with Gasteiger partial charge in [-0.3, -0.25) is 10.1 Å². The Labute approximate surface area is 96.4 Å². The van der Waals surface area contributed by atoms with Gasteiger partial charge in [-0.1, -0.05) is 6.92 Å². The third kappa shape index (κ3) is 3.10. The highest BCUT2D eigenvalue weighted by molar-refractivity contribution is 5.80. The van der Waals surface area contributed by atoms with E-state index in [0.717, 1.165) is 17.9 Å². The van der Waals surface area contributed by atoms with E-state index in [9.17, 15) is 4.79 Å². The van der Waals surface area contributed by atoms with Gasteiger partial charge >= 0.3 is 0 Å². The van der Waals surface area contributed by atoms with Crippen LogP contribution in [0, 0.1) is 0 Å². The van der Waals surface area contributed by atoms with Gasteiger partial charge in [0.15, 0.2) is 0 Å². The maximum absolute atomic E-state index is 11.3. The maximum atomic E-state index is 11.3. The predicted molar refractivity (Wildman–Crippen MR) is 63.2 cm³/mol. The largest absolute Gasteiger partial charge is 0.464 e. The van der Waals surface area contributed by atoms with Gasteiger partial charge in [-0.25, -0.2) is 0 Å². The number of rotatable bonds is 5. The molecule has 1 amide bonds. The van der Waals surface area contributed by atoms with Crippen LogP contribution in [0.1, 0.15) is 38.3 Å². The number of furan rings is 1. The van der Waals surface area contributed by atoms with E-state index < -0.39 is 0 Å². The Hall–Kier alpha value is -1.29. The first-order chi connectivity index (χ1) is 7.58. The average molecular weight is 224 g/mol. The molecule has 1 heterocycles. The highest BCUT2D eigenvalue weighted by Crippen LogP contribution is 2.16. The zero-order valence-corrected chi connectivity index (χ0v) is 10.3. The molecule has 0 saturated heterocycles. The van der Waals surface area contributed by atoms with E-state index in [4.69, 9.17) is 4.42 Å². The molecule has 0 bridgehead atoms. The zero-order valence-electron chi connectivity index (χ0n) is 10.3. The molecule has 0 saturated carbocycles. The fourth-order valence-corrected chi connectivity index (χ4v) is 1.57. The molecule has 0 aliphatic carbocycles. The molecule has 16 heavy (non-hydrogen) atoms. The number of hydrogen-bond acceptors (Lipinski definition) is 3. The topological polar surface area (TPSA) is 54.3 Å². The summed E-state index contributed by atoms with van der Waals surface area (Å²) in [5.74, 6) is 1.82. The lowest BCUT2D eigenvalue weighted by molar-refractivity contribution is -0.122. The summed E-state index contributed by atoms with van der Waals surface area (Å²) in [7, 11) is 1.63. The summed E-state index contributed by atoms with van der Waals surface area (Å²) < 4.78 is 5.61. The summed E-state index contributed by atoms with van der Waals surface area (Å²) in [6.45, 7) is 5.87. The molecule has 1 unspecified atom stereocenters. The van der Waals surface area contributed by atoms with Gasteiger partial charge in [0.2, 0.25) is 5.91 Å². The normalized spacial score (nSPS) is 14.5. The highest BCUT2D eigenvalue weighted by Gasteiger charge is 2.16. The summed E-state index contributed by atoms with van der Waals surface area (Å²) in [6.07, 6.45) is 0.887. The smallest absolute Gasteiger partial charge is 0.236 e. The standard InChI is InChI=1S/C12H20N2O2/c1-5-10-6-7-11(16-10)8(2)14-9(3)12(15)13-4/h6-9,14H,5H2,1-4H3,(H,13,15)/t8?,9-/m1/s1. The van der Waals surface area contributed by atoms with Crippen molar-refractivity contribution < 1.29 is 9.21 Å². The highest BCUT2D eigenvalue weighted by atomic mass is 16.3. The van der Waals surface area contributed by atoms with Gasteiger partial charge in [0, 0.05) is 13.5 Å². The van der Waals surface area contributed by atoms with E-state index in [1.54, 1.807) is 7.05 Å². The fourth-order valence-electron chi connectivity index (χ4n) is 1.57. The molecule has 1 rings (SSSR count). The van der Waals surface area contributed by atoms with Gasteiger partial charge in [-0.05, 0) is 26.0 Å². The minimum atomic E-state index is -0.227. The molecular weight excluding hydrogens is 204 g/mol. The first-order valence-corrected chi connectivity index (χ1v) is 5.64. The van der Waals surface area contributed by atoms with Crippen molar-refractivity contribution in [2.45, 2.75) is 39.3 Å². The fraction of sp³-hybridized carbons (Fsp3) is 0.583. The Morgan fingerprint density at radius 3 is 2.62 bits per heavy atom. The van der Waals surface area contributed by atoms with Gasteiger partial charge in [-0.15, -0.1) is 0 Å². The van der Waals surface area contributed by atoms with Crippen molar-refractivity contribution in [3.63, 3.8) is 0 Å². The second-order valence-electron chi connectivity index (χ2n) is 3.88. The van der Waals surface area contributed by atoms with Crippen LogP contribution >= 0.6 is 0 Å². The number of carbonyl (C=O) groups is 1. The Bertz CT molecular complexity index is 347. The number of likely N-dealkylation sites (N-methyl/N-ethyl adjacent to an activating group) is 1. The first kappa shape index (κ1) is 12.8. The van der Waals surface area contributed by atoms with Crippen molar-refractivity contribution in [3.05, 3.63) is 23.7 Å². The van der Waals surface area contributed by atoms with E-state index >= 15 is 0 Å². The summed E-state index contributed by atoms with van der Waals surface area (Å²) in [5.41, 5.74) is 0. The van der Waals surface area contributed by atoms with Gasteiger partial charge in [0.1, 0.15) is 11.5 Å². The van der Waals surface area contributed by atoms with E-state index in [1.807, 2.05) is 32.9 Å². The van der Waals surface area contributed by atoms with E-state index in [-0.39, 0.29) is 18.0 Å². The lowest BCUT2D eigenvalue weighted by Gasteiger charge is -2.17. The zero-order chi connectivity index (χ0) is 12.1. The van der Waals surface area contributed by atoms with Crippen molar-refractivity contribution in [2.24, 2.45) is 0 Å². The van der Waals surface area contributed by atoms with Crippen LogP contribution in [0.3, 0.4) is 0 Å². The van der Waals surface area contributed by atoms with Crippen LogP contribution in [0.2, 0.25) is 0 Å². The third-order valence-corrected chi connectivity index (χ3v) is 2.60. The average Bonchev–Trinajstić information content (AvgIpc) is 2.76. The molecule has 0 fully saturated rings. The Morgan fingerprint density at radius 2 is 2.12 bits per heavy atom. The summed E-state index contributed by atoms with van der Waals surface area (Å²) in [5, 5.41) is 5.78. The first-order valence-electron chi connectivity index (χ1n) is 5.64. The Morgan fingerprint density at radius 1 is 1.44 bits per heavy atom. The monoisotopic (exact) mass is 224 g/mol. The third-order valence-electron chi connectivity index (χ3n) is 2.60. The molecule has 0 aliphatic rings. The molecule has 2 atom stereocenters. The molecule has 0 spiro atoms. The number of aryl methyl sites for hydroxylation is 1. The molecule has 0 radical (unpaired) electrons. The molecule has 1 aromatic heterocycles. The van der Waals surface area contributed by atoms with Crippen molar-refractivity contribution >= 4 is 5.91 Å². The SMILES string of the molecule is CCc1ccc(C(C)N[C@H](C)C(=O)NC)o1. The summed E-state index contributed by atoms with van der Waals surface area (Å²) >= 11 is 0. The van der Waals surface area contributed by atoms with Gasteiger partial charge in [-0.2, -0.15) is 0 Å². The van der Waals surface area contributed by atoms with Crippen molar-refractivity contribution in [1.82, 2.24) is 10.6 Å². The number of hydrogen-bond donors (Lipinski definition) is 2. The molecule has 0 aliphatic heterocycles. The van der Waals surface area contributed by atoms with Crippen LogP contribution in [0.4, 0.5) is 0 Å². The van der Waals surface area contributed by atoms with Gasteiger partial charge in [0.25, 0.3) is 0 Å². The van der Waals surface area contributed by atoms with Crippen LogP contribution in [0.15, 0.2) is 16.5 Å². The molecule has 4 nitrogen and oxygen atoms in total. The predicted octanol–water partition coefficient (Wildman–Crippen LogP) is 1.63. The summed E-state index contributed by atoms with van der Waals surface area (Å²) in [6, 6.07) is 3.73. The van der Waals surface area contributed by atoms with Crippen molar-refractivity contribution in [1.29, 1.82) is 0 Å². The quantitative estimate of drug-likeness (QED) is 0.799. The molecule has 4 heteroatoms. The van der Waals surface area contributed by atoms with Crippen LogP contribution in [0.25, 0.3) is 0 Å². The summed E-state index contributed by atoms with van der Waals surface area (Å²) in [4.78, 5) is 11.3. The Balaban J connectivity index is 2.57. The second-order valence-corrected chi connectivity index (χ2v) is 3.88. The van der Waals surface area contributed by atoms with Gasteiger partial charge in [0.05, 0.1) is 12.1 Å². The van der Waals surface area contributed by atoms with Crippen LogP contribution < -0.4 is 10.6 Å². The van der Waals surface area contributed by atoms with Gasteiger partial charge < -0.3 is 9.73 Å². The molecular formula is C12H20N2O2. The van der Waals surface area contributed by atoms with Crippen molar-refractivity contribution in [2.75, 3.05) is 7.05 Å². The van der Waals surface area contributed by atoms with E-state index in [2.05, 4.69) is 10.6 Å². The van der Waals surface area contributed by atoms with Crippen LogP contribution in [-0.2, 0) is 11.2 Å². The second kappa shape index (κ2) is 5.70. The van der Waals surface area contributed by atoms with Crippen LogP contribution in [-0.4, -0.2) is 19.0 Å². The Kier molecular flexibility index (Phi) is 4.55. The number of nitrogens with one attached hydrogen (secondary N) is 2. The maximum Gasteiger partial charge on any atom is 0.236 e. The van der Waals surface area contributed by atoms with Crippen LogP contribution in [0.5, 0.6) is 0 Å². The molecule has 90 valence electrons. The lowest BCUT2D eigenvalue weighted by Crippen LogP contribution is -2.41. The minimum Gasteiger partial charge on any atom is -0.464 e. The minimum absolute atomic E-state index is 0.0193. The van der Waals surface area contributed by atoms with E-state index in [0.29, 0.717) is 0 Å². The number of carbonyl (C=O) groups excluding carboxylic acids is 1. The lowest BCUT2D eigenvalue weighted by atomic mass is 10.2. The molecule has 2 N–H and O–H groups in total.